The van der Waals surface area contributed by atoms with Crippen molar-refractivity contribution in [3.05, 3.63) is 83.2 Å². The van der Waals surface area contributed by atoms with E-state index >= 15 is 0 Å². The Labute approximate surface area is 196 Å². The molecule has 0 bridgehead atoms. The zero-order valence-electron chi connectivity index (χ0n) is 18.8. The molecule has 174 valence electrons. The number of nitrogen functional groups attached to an aromatic ring is 1. The number of pyridine rings is 1. The van der Waals surface area contributed by atoms with E-state index in [0.29, 0.717) is 23.4 Å². The molecule has 0 saturated heterocycles. The van der Waals surface area contributed by atoms with Crippen LogP contribution in [0.4, 0.5) is 5.69 Å². The summed E-state index contributed by atoms with van der Waals surface area (Å²) in [4.78, 5) is 41.5. The fourth-order valence-electron chi connectivity index (χ4n) is 3.24. The lowest BCUT2D eigenvalue weighted by Gasteiger charge is -2.14. The highest BCUT2D eigenvalue weighted by atomic mass is 16.4. The number of carbonyl (C=O) groups excluding carboxylic acids is 2. The number of carbonyl (C=O) groups is 3. The van der Waals surface area contributed by atoms with Gasteiger partial charge in [0.2, 0.25) is 0 Å². The molecule has 9 heteroatoms. The number of nitrogens with zero attached hydrogens (tertiary/aromatic N) is 1. The minimum Gasteiger partial charge on any atom is -0.478 e. The molecule has 9 nitrogen and oxygen atoms in total. The number of nitrogens with one attached hydrogen (secondary N) is 3. The van der Waals surface area contributed by atoms with Gasteiger partial charge in [-0.25, -0.2) is 4.79 Å². The summed E-state index contributed by atoms with van der Waals surface area (Å²) in [6.07, 6.45) is 2.81. The second kappa shape index (κ2) is 10.4. The zero-order valence-corrected chi connectivity index (χ0v) is 18.8. The van der Waals surface area contributed by atoms with Gasteiger partial charge in [-0.1, -0.05) is 19.9 Å². The molecule has 0 saturated carbocycles. The van der Waals surface area contributed by atoms with E-state index in [-0.39, 0.29) is 39.9 Å². The van der Waals surface area contributed by atoms with Gasteiger partial charge in [-0.2, -0.15) is 0 Å². The Balaban J connectivity index is 1.94. The number of nitrogens with two attached hydrogens (primary N) is 1. The molecule has 34 heavy (non-hydrogen) atoms. The molecule has 3 aromatic rings. The molecule has 6 N–H and O–H groups in total. The van der Waals surface area contributed by atoms with E-state index in [9.17, 15) is 19.5 Å². The Kier molecular flexibility index (Phi) is 7.37. The van der Waals surface area contributed by atoms with Crippen LogP contribution in [0, 0.1) is 11.3 Å². The van der Waals surface area contributed by atoms with Crippen LogP contribution in [0.1, 0.15) is 50.5 Å². The standard InChI is InChI=1S/C25H25N5O4/c1-14(2)12-29-23(31)16-5-8-18(20(11-16)25(33)34)19-9-10-28-13-21(19)24(32)30-17-6-3-15(4-7-17)22(26)27/h3-11,13-14H,12H2,1-2H3,(H3,26,27)(H,29,31)(H,30,32)(H,33,34). The van der Waals surface area contributed by atoms with Gasteiger partial charge >= 0.3 is 5.97 Å². The number of hydrogen-bond donors (Lipinski definition) is 5. The second-order valence-electron chi connectivity index (χ2n) is 8.04. The van der Waals surface area contributed by atoms with E-state index in [0.717, 1.165) is 0 Å². The van der Waals surface area contributed by atoms with Crippen molar-refractivity contribution in [1.82, 2.24) is 10.3 Å². The van der Waals surface area contributed by atoms with Crippen molar-refractivity contribution in [2.24, 2.45) is 11.7 Å². The van der Waals surface area contributed by atoms with Crippen LogP contribution < -0.4 is 16.4 Å². The summed E-state index contributed by atoms with van der Waals surface area (Å²) in [6, 6.07) is 12.3. The number of hydrogen-bond acceptors (Lipinski definition) is 5. The molecule has 0 unspecified atom stereocenters. The van der Waals surface area contributed by atoms with Crippen molar-refractivity contribution < 1.29 is 19.5 Å². The van der Waals surface area contributed by atoms with Crippen molar-refractivity contribution in [2.75, 3.05) is 11.9 Å². The minimum absolute atomic E-state index is 0.0880. The Morgan fingerprint density at radius 2 is 1.62 bits per heavy atom. The van der Waals surface area contributed by atoms with Gasteiger partial charge in [-0.05, 0) is 59.5 Å². The molecule has 0 aliphatic rings. The van der Waals surface area contributed by atoms with E-state index in [4.69, 9.17) is 11.1 Å². The molecule has 0 aliphatic heterocycles. The number of aromatic nitrogens is 1. The topological polar surface area (TPSA) is 158 Å². The van der Waals surface area contributed by atoms with E-state index in [1.54, 1.807) is 30.3 Å². The van der Waals surface area contributed by atoms with Crippen LogP contribution in [0.5, 0.6) is 0 Å². The zero-order chi connectivity index (χ0) is 24.8. The molecule has 0 fully saturated rings. The highest BCUT2D eigenvalue weighted by molar-refractivity contribution is 6.10. The highest BCUT2D eigenvalue weighted by Crippen LogP contribution is 2.28. The van der Waals surface area contributed by atoms with E-state index in [1.165, 1.54) is 30.6 Å². The van der Waals surface area contributed by atoms with Crippen molar-refractivity contribution in [3.63, 3.8) is 0 Å². The maximum Gasteiger partial charge on any atom is 0.336 e. The van der Waals surface area contributed by atoms with Gasteiger partial charge in [-0.3, -0.25) is 20.0 Å². The van der Waals surface area contributed by atoms with Crippen LogP contribution in [-0.4, -0.2) is 40.3 Å². The molecule has 2 aromatic carbocycles. The van der Waals surface area contributed by atoms with Crippen LogP contribution in [0.25, 0.3) is 11.1 Å². The molecule has 0 spiro atoms. The van der Waals surface area contributed by atoms with Gasteiger partial charge < -0.3 is 21.5 Å². The predicted molar refractivity (Wildman–Crippen MR) is 129 cm³/mol. The number of amidine groups is 1. The molecule has 0 radical (unpaired) electrons. The summed E-state index contributed by atoms with van der Waals surface area (Å²) >= 11 is 0. The number of aromatic carboxylic acids is 1. The monoisotopic (exact) mass is 459 g/mol. The normalized spacial score (nSPS) is 10.6. The molecule has 3 rings (SSSR count). The SMILES string of the molecule is CC(C)CNC(=O)c1ccc(-c2ccncc2C(=O)Nc2ccc(C(=N)N)cc2)c(C(=O)O)c1. The third-order valence-corrected chi connectivity index (χ3v) is 4.99. The van der Waals surface area contributed by atoms with Gasteiger partial charge in [-0.15, -0.1) is 0 Å². The molecular weight excluding hydrogens is 434 g/mol. The van der Waals surface area contributed by atoms with Gasteiger partial charge in [0.05, 0.1) is 11.1 Å². The Bertz CT molecular complexity index is 1250. The van der Waals surface area contributed by atoms with Gasteiger partial charge in [0.1, 0.15) is 5.84 Å². The van der Waals surface area contributed by atoms with Gasteiger partial charge in [0, 0.05) is 35.8 Å². The van der Waals surface area contributed by atoms with Crippen LogP contribution >= 0.6 is 0 Å². The highest BCUT2D eigenvalue weighted by Gasteiger charge is 2.20. The van der Waals surface area contributed by atoms with Crippen LogP contribution in [0.3, 0.4) is 0 Å². The fraction of sp³-hybridized carbons (Fsp3) is 0.160. The number of rotatable bonds is 8. The smallest absolute Gasteiger partial charge is 0.336 e. The molecule has 0 aliphatic carbocycles. The van der Waals surface area contributed by atoms with Crippen molar-refractivity contribution >= 4 is 29.3 Å². The number of anilines is 1. The maximum atomic E-state index is 13.0. The Morgan fingerprint density at radius 3 is 2.24 bits per heavy atom. The Morgan fingerprint density at radius 1 is 0.971 bits per heavy atom. The third-order valence-electron chi connectivity index (χ3n) is 4.99. The van der Waals surface area contributed by atoms with Crippen molar-refractivity contribution in [1.29, 1.82) is 5.41 Å². The molecule has 1 aromatic heterocycles. The van der Waals surface area contributed by atoms with Crippen LogP contribution in [-0.2, 0) is 0 Å². The van der Waals surface area contributed by atoms with E-state index in [1.807, 2.05) is 13.8 Å². The first-order valence-corrected chi connectivity index (χ1v) is 10.5. The minimum atomic E-state index is -1.23. The number of benzene rings is 2. The fourth-order valence-corrected chi connectivity index (χ4v) is 3.24. The molecule has 2 amide bonds. The average molecular weight is 460 g/mol. The summed E-state index contributed by atoms with van der Waals surface area (Å²) in [5.41, 5.74) is 7.36. The number of carboxylic acid groups (broad SMARTS) is 1. The van der Waals surface area contributed by atoms with Crippen LogP contribution in [0.2, 0.25) is 0 Å². The third kappa shape index (κ3) is 5.63. The Hall–Kier alpha value is -4.53. The maximum absolute atomic E-state index is 13.0. The lowest BCUT2D eigenvalue weighted by molar-refractivity contribution is 0.0697. The number of amides is 2. The molecular formula is C25H25N5O4. The van der Waals surface area contributed by atoms with E-state index < -0.39 is 11.9 Å². The summed E-state index contributed by atoms with van der Waals surface area (Å²) < 4.78 is 0. The first-order chi connectivity index (χ1) is 16.2. The predicted octanol–water partition coefficient (Wildman–Crippen LogP) is 3.37. The first kappa shape index (κ1) is 24.1. The molecule has 1 heterocycles. The number of carboxylic acids is 1. The van der Waals surface area contributed by atoms with Crippen molar-refractivity contribution in [2.45, 2.75) is 13.8 Å². The van der Waals surface area contributed by atoms with E-state index in [2.05, 4.69) is 15.6 Å². The quantitative estimate of drug-likeness (QED) is 0.257. The summed E-state index contributed by atoms with van der Waals surface area (Å²) in [7, 11) is 0. The van der Waals surface area contributed by atoms with Gasteiger partial charge in [0.15, 0.2) is 0 Å². The van der Waals surface area contributed by atoms with Crippen molar-refractivity contribution in [3.8, 4) is 11.1 Å². The van der Waals surface area contributed by atoms with Gasteiger partial charge in [0.25, 0.3) is 11.8 Å². The first-order valence-electron chi connectivity index (χ1n) is 10.5. The largest absolute Gasteiger partial charge is 0.478 e. The summed E-state index contributed by atoms with van der Waals surface area (Å²) in [6.45, 7) is 4.38. The average Bonchev–Trinajstić information content (AvgIpc) is 2.82. The van der Waals surface area contributed by atoms with Crippen LogP contribution in [0.15, 0.2) is 60.9 Å². The summed E-state index contributed by atoms with van der Waals surface area (Å²) in [5.74, 6) is -1.93. The molecule has 0 atom stereocenters. The summed E-state index contributed by atoms with van der Waals surface area (Å²) in [5, 5.41) is 22.8. The lowest BCUT2D eigenvalue weighted by Crippen LogP contribution is -2.27. The second-order valence-corrected chi connectivity index (χ2v) is 8.04. The lowest BCUT2D eigenvalue weighted by atomic mass is 9.94.